The van der Waals surface area contributed by atoms with Crippen LogP contribution >= 0.6 is 43.2 Å². The highest BCUT2D eigenvalue weighted by Crippen LogP contribution is 2.24. The van der Waals surface area contributed by atoms with Gasteiger partial charge in [0.15, 0.2) is 0 Å². The predicted molar refractivity (Wildman–Crippen MR) is 89.2 cm³/mol. The number of halogens is 2. The second-order valence-electron chi connectivity index (χ2n) is 4.67. The lowest BCUT2D eigenvalue weighted by Crippen LogP contribution is -2.46. The van der Waals surface area contributed by atoms with Crippen molar-refractivity contribution in [3.8, 4) is 0 Å². The first-order chi connectivity index (χ1) is 9.70. The third kappa shape index (κ3) is 3.58. The van der Waals surface area contributed by atoms with Crippen LogP contribution in [0.2, 0.25) is 0 Å². The van der Waals surface area contributed by atoms with Crippen molar-refractivity contribution in [2.75, 3.05) is 31.1 Å². The van der Waals surface area contributed by atoms with Crippen molar-refractivity contribution in [1.29, 1.82) is 0 Å². The fourth-order valence-corrected chi connectivity index (χ4v) is 3.96. The Morgan fingerprint density at radius 2 is 1.75 bits per heavy atom. The van der Waals surface area contributed by atoms with Crippen molar-refractivity contribution < 1.29 is 0 Å². The zero-order chi connectivity index (χ0) is 13.9. The number of thiophene rings is 1. The predicted octanol–water partition coefficient (Wildman–Crippen LogP) is 3.39. The molecule has 0 radical (unpaired) electrons. The van der Waals surface area contributed by atoms with Gasteiger partial charge in [0.25, 0.3) is 0 Å². The molecule has 0 aromatic carbocycles. The molecule has 1 aliphatic heterocycles. The molecule has 0 spiro atoms. The molecule has 0 unspecified atom stereocenters. The average molecular weight is 418 g/mol. The summed E-state index contributed by atoms with van der Waals surface area (Å²) in [6.07, 6.45) is 3.61. The van der Waals surface area contributed by atoms with Gasteiger partial charge in [-0.1, -0.05) is 0 Å². The molecule has 3 heterocycles. The summed E-state index contributed by atoms with van der Waals surface area (Å²) in [6, 6.07) is 4.31. The third-order valence-corrected chi connectivity index (χ3v) is 5.29. The molecule has 3 rings (SSSR count). The molecular weight excluding hydrogens is 404 g/mol. The maximum absolute atomic E-state index is 4.36. The minimum atomic E-state index is 0.826. The zero-order valence-corrected chi connectivity index (χ0v) is 14.8. The van der Waals surface area contributed by atoms with Gasteiger partial charge in [-0.3, -0.25) is 4.90 Å². The molecule has 0 aliphatic carbocycles. The average Bonchev–Trinajstić information content (AvgIpc) is 2.86. The van der Waals surface area contributed by atoms with Gasteiger partial charge < -0.3 is 4.90 Å². The molecule has 0 bridgehead atoms. The Morgan fingerprint density at radius 1 is 1.05 bits per heavy atom. The molecule has 20 heavy (non-hydrogen) atoms. The van der Waals surface area contributed by atoms with E-state index in [0.717, 1.165) is 43.1 Å². The topological polar surface area (TPSA) is 32.3 Å². The Morgan fingerprint density at radius 3 is 2.35 bits per heavy atom. The van der Waals surface area contributed by atoms with Crippen molar-refractivity contribution in [3.63, 3.8) is 0 Å². The van der Waals surface area contributed by atoms with Crippen molar-refractivity contribution in [1.82, 2.24) is 14.9 Å². The standard InChI is InChI=1S/C13H14Br2N4S/c14-10-7-16-13(17-8-10)19-5-3-18(4-6-19)9-11-1-2-12(15)20-11/h1-2,7-8H,3-6,9H2. The first-order valence-electron chi connectivity index (χ1n) is 6.40. The number of nitrogens with zero attached hydrogens (tertiary/aromatic N) is 4. The van der Waals surface area contributed by atoms with E-state index < -0.39 is 0 Å². The van der Waals surface area contributed by atoms with Gasteiger partial charge in [0.05, 0.1) is 8.26 Å². The van der Waals surface area contributed by atoms with Gasteiger partial charge in [0.2, 0.25) is 5.95 Å². The molecule has 4 nitrogen and oxygen atoms in total. The Kier molecular flexibility index (Phi) is 4.70. The Balaban J connectivity index is 1.55. The molecule has 0 atom stereocenters. The Hall–Kier alpha value is -0.500. The minimum absolute atomic E-state index is 0.826. The van der Waals surface area contributed by atoms with Crippen LogP contribution in [0.5, 0.6) is 0 Å². The molecule has 2 aromatic heterocycles. The van der Waals surface area contributed by atoms with E-state index in [-0.39, 0.29) is 0 Å². The summed E-state index contributed by atoms with van der Waals surface area (Å²) in [4.78, 5) is 14.8. The number of hydrogen-bond acceptors (Lipinski definition) is 5. The first-order valence-corrected chi connectivity index (χ1v) is 8.80. The highest BCUT2D eigenvalue weighted by Gasteiger charge is 2.19. The zero-order valence-electron chi connectivity index (χ0n) is 10.8. The van der Waals surface area contributed by atoms with Gasteiger partial charge in [-0.15, -0.1) is 11.3 Å². The molecule has 7 heteroatoms. The fourth-order valence-electron chi connectivity index (χ4n) is 2.23. The number of anilines is 1. The summed E-state index contributed by atoms with van der Waals surface area (Å²) in [5.41, 5.74) is 0. The molecule has 0 N–H and O–H groups in total. The quantitative estimate of drug-likeness (QED) is 0.766. The van der Waals surface area contributed by atoms with Gasteiger partial charge in [-0.05, 0) is 44.0 Å². The summed E-state index contributed by atoms with van der Waals surface area (Å²) in [7, 11) is 0. The molecule has 2 aromatic rings. The molecule has 106 valence electrons. The van der Waals surface area contributed by atoms with Crippen LogP contribution in [0.4, 0.5) is 5.95 Å². The summed E-state index contributed by atoms with van der Waals surface area (Å²) in [6.45, 7) is 5.09. The third-order valence-electron chi connectivity index (χ3n) is 3.27. The van der Waals surface area contributed by atoms with Crippen molar-refractivity contribution in [3.05, 3.63) is 37.7 Å². The molecule has 1 saturated heterocycles. The van der Waals surface area contributed by atoms with Crippen LogP contribution in [0, 0.1) is 0 Å². The summed E-state index contributed by atoms with van der Waals surface area (Å²) in [5.74, 6) is 0.826. The van der Waals surface area contributed by atoms with Gasteiger partial charge in [0.1, 0.15) is 0 Å². The fraction of sp³-hybridized carbons (Fsp3) is 0.385. The van der Waals surface area contributed by atoms with E-state index in [0.29, 0.717) is 0 Å². The van der Waals surface area contributed by atoms with Crippen LogP contribution in [0.15, 0.2) is 32.8 Å². The number of piperazine rings is 1. The molecule has 1 fully saturated rings. The van der Waals surface area contributed by atoms with E-state index in [2.05, 4.69) is 63.8 Å². The Labute approximate surface area is 139 Å². The van der Waals surface area contributed by atoms with Crippen LogP contribution in [-0.4, -0.2) is 41.0 Å². The highest BCUT2D eigenvalue weighted by atomic mass is 79.9. The number of aromatic nitrogens is 2. The maximum Gasteiger partial charge on any atom is 0.225 e. The lowest BCUT2D eigenvalue weighted by molar-refractivity contribution is 0.251. The summed E-state index contributed by atoms with van der Waals surface area (Å²) < 4.78 is 2.12. The summed E-state index contributed by atoms with van der Waals surface area (Å²) >= 11 is 8.69. The van der Waals surface area contributed by atoms with Crippen LogP contribution < -0.4 is 4.90 Å². The Bertz CT molecular complexity index is 564. The number of rotatable bonds is 3. The molecule has 1 aliphatic rings. The normalized spacial score (nSPS) is 16.6. The van der Waals surface area contributed by atoms with Gasteiger partial charge in [0, 0.05) is 50.0 Å². The maximum atomic E-state index is 4.36. The van der Waals surface area contributed by atoms with Crippen LogP contribution in [0.25, 0.3) is 0 Å². The van der Waals surface area contributed by atoms with Crippen molar-refractivity contribution >= 4 is 49.1 Å². The molecular formula is C13H14Br2N4S. The van der Waals surface area contributed by atoms with E-state index in [1.807, 2.05) is 11.3 Å². The lowest BCUT2D eigenvalue weighted by atomic mass is 10.3. The lowest BCUT2D eigenvalue weighted by Gasteiger charge is -2.34. The van der Waals surface area contributed by atoms with Gasteiger partial charge in [-0.25, -0.2) is 9.97 Å². The monoisotopic (exact) mass is 416 g/mol. The SMILES string of the molecule is Brc1cnc(N2CCN(Cc3ccc(Br)s3)CC2)nc1. The second kappa shape index (κ2) is 6.51. The first kappa shape index (κ1) is 14.4. The largest absolute Gasteiger partial charge is 0.338 e. The summed E-state index contributed by atoms with van der Waals surface area (Å²) in [5, 5.41) is 0. The van der Waals surface area contributed by atoms with Crippen LogP contribution in [-0.2, 0) is 6.54 Å². The van der Waals surface area contributed by atoms with Gasteiger partial charge in [-0.2, -0.15) is 0 Å². The second-order valence-corrected chi connectivity index (χ2v) is 8.13. The van der Waals surface area contributed by atoms with Crippen molar-refractivity contribution in [2.24, 2.45) is 0 Å². The van der Waals surface area contributed by atoms with E-state index >= 15 is 0 Å². The van der Waals surface area contributed by atoms with Crippen LogP contribution in [0.3, 0.4) is 0 Å². The van der Waals surface area contributed by atoms with Gasteiger partial charge >= 0.3 is 0 Å². The molecule has 0 amide bonds. The van der Waals surface area contributed by atoms with E-state index in [1.54, 1.807) is 12.4 Å². The highest BCUT2D eigenvalue weighted by molar-refractivity contribution is 9.11. The number of hydrogen-bond donors (Lipinski definition) is 0. The van der Waals surface area contributed by atoms with E-state index in [1.165, 1.54) is 8.66 Å². The smallest absolute Gasteiger partial charge is 0.225 e. The van der Waals surface area contributed by atoms with Crippen molar-refractivity contribution in [2.45, 2.75) is 6.54 Å². The van der Waals surface area contributed by atoms with E-state index in [9.17, 15) is 0 Å². The molecule has 0 saturated carbocycles. The van der Waals surface area contributed by atoms with E-state index in [4.69, 9.17) is 0 Å². The minimum Gasteiger partial charge on any atom is -0.338 e. The van der Waals surface area contributed by atoms with Crippen LogP contribution in [0.1, 0.15) is 4.88 Å².